The molecule has 0 aliphatic carbocycles. The van der Waals surface area contributed by atoms with Crippen LogP contribution in [0.2, 0.25) is 5.02 Å². The molecular formula is C12H18ClNO2. The minimum atomic E-state index is -0.248. The van der Waals surface area contributed by atoms with Gasteiger partial charge in [-0.05, 0) is 31.0 Å². The highest BCUT2D eigenvalue weighted by molar-refractivity contribution is 6.30. The van der Waals surface area contributed by atoms with Crippen LogP contribution in [0, 0.1) is 0 Å². The normalized spacial score (nSPS) is 13.1. The number of benzene rings is 1. The van der Waals surface area contributed by atoms with Gasteiger partial charge in [-0.3, -0.25) is 0 Å². The summed E-state index contributed by atoms with van der Waals surface area (Å²) in [5.41, 5.74) is 1.18. The van der Waals surface area contributed by atoms with E-state index in [-0.39, 0.29) is 25.3 Å². The molecule has 1 atom stereocenters. The molecule has 1 aromatic rings. The molecule has 90 valence electrons. The van der Waals surface area contributed by atoms with Gasteiger partial charge in [0.05, 0.1) is 19.3 Å². The first-order chi connectivity index (χ1) is 7.65. The molecule has 4 heteroatoms. The number of aliphatic hydroxyl groups excluding tert-OH is 2. The van der Waals surface area contributed by atoms with Crippen molar-refractivity contribution in [2.24, 2.45) is 0 Å². The van der Waals surface area contributed by atoms with Crippen molar-refractivity contribution in [2.45, 2.75) is 25.4 Å². The first kappa shape index (κ1) is 13.5. The molecule has 1 aromatic carbocycles. The van der Waals surface area contributed by atoms with Crippen LogP contribution in [-0.4, -0.2) is 35.5 Å². The molecule has 0 saturated heterocycles. The fraction of sp³-hybridized carbons (Fsp3) is 0.500. The van der Waals surface area contributed by atoms with E-state index in [0.29, 0.717) is 0 Å². The van der Waals surface area contributed by atoms with Crippen molar-refractivity contribution in [2.75, 3.05) is 13.2 Å². The lowest BCUT2D eigenvalue weighted by Gasteiger charge is -2.19. The van der Waals surface area contributed by atoms with Crippen LogP contribution < -0.4 is 5.32 Å². The largest absolute Gasteiger partial charge is 0.395 e. The molecule has 0 aliphatic rings. The SMILES string of the molecule is CC(Cc1ccc(Cl)cc1)NC(CO)CO. The molecule has 1 rings (SSSR count). The van der Waals surface area contributed by atoms with E-state index in [2.05, 4.69) is 5.32 Å². The Morgan fingerprint density at radius 1 is 1.19 bits per heavy atom. The Morgan fingerprint density at radius 2 is 1.75 bits per heavy atom. The highest BCUT2D eigenvalue weighted by atomic mass is 35.5. The van der Waals surface area contributed by atoms with Gasteiger partial charge in [0.2, 0.25) is 0 Å². The van der Waals surface area contributed by atoms with Crippen molar-refractivity contribution in [3.63, 3.8) is 0 Å². The van der Waals surface area contributed by atoms with E-state index in [9.17, 15) is 0 Å². The maximum absolute atomic E-state index is 8.94. The van der Waals surface area contributed by atoms with E-state index >= 15 is 0 Å². The highest BCUT2D eigenvalue weighted by Gasteiger charge is 2.10. The number of rotatable bonds is 6. The van der Waals surface area contributed by atoms with Crippen molar-refractivity contribution >= 4 is 11.6 Å². The first-order valence-corrected chi connectivity index (χ1v) is 5.75. The van der Waals surface area contributed by atoms with Gasteiger partial charge >= 0.3 is 0 Å². The Labute approximate surface area is 101 Å². The van der Waals surface area contributed by atoms with Gasteiger partial charge in [0.25, 0.3) is 0 Å². The van der Waals surface area contributed by atoms with Crippen molar-refractivity contribution in [3.05, 3.63) is 34.9 Å². The molecule has 0 fully saturated rings. The molecule has 16 heavy (non-hydrogen) atoms. The van der Waals surface area contributed by atoms with E-state index in [1.807, 2.05) is 31.2 Å². The van der Waals surface area contributed by atoms with Crippen LogP contribution >= 0.6 is 11.6 Å². The van der Waals surface area contributed by atoms with E-state index < -0.39 is 0 Å². The predicted octanol–water partition coefficient (Wildman–Crippen LogP) is 1.21. The van der Waals surface area contributed by atoms with E-state index in [4.69, 9.17) is 21.8 Å². The molecule has 3 nitrogen and oxygen atoms in total. The summed E-state index contributed by atoms with van der Waals surface area (Å²) in [6.45, 7) is 1.91. The average molecular weight is 244 g/mol. The summed E-state index contributed by atoms with van der Waals surface area (Å²) in [7, 11) is 0. The lowest BCUT2D eigenvalue weighted by atomic mass is 10.1. The van der Waals surface area contributed by atoms with Crippen LogP contribution in [0.15, 0.2) is 24.3 Å². The number of hydrogen-bond acceptors (Lipinski definition) is 3. The second kappa shape index (κ2) is 6.86. The second-order valence-corrected chi connectivity index (χ2v) is 4.40. The molecular weight excluding hydrogens is 226 g/mol. The Morgan fingerprint density at radius 3 is 2.25 bits per heavy atom. The fourth-order valence-corrected chi connectivity index (χ4v) is 1.72. The average Bonchev–Trinajstić information content (AvgIpc) is 2.29. The minimum Gasteiger partial charge on any atom is -0.395 e. The van der Waals surface area contributed by atoms with Crippen molar-refractivity contribution in [3.8, 4) is 0 Å². The fourth-order valence-electron chi connectivity index (χ4n) is 1.60. The number of nitrogens with one attached hydrogen (secondary N) is 1. The third-order valence-corrected chi connectivity index (χ3v) is 2.67. The van der Waals surface area contributed by atoms with Crippen LogP contribution in [0.1, 0.15) is 12.5 Å². The third-order valence-electron chi connectivity index (χ3n) is 2.42. The first-order valence-electron chi connectivity index (χ1n) is 5.38. The van der Waals surface area contributed by atoms with Crippen LogP contribution in [0.25, 0.3) is 0 Å². The van der Waals surface area contributed by atoms with Gasteiger partial charge in [-0.2, -0.15) is 0 Å². The zero-order valence-corrected chi connectivity index (χ0v) is 10.1. The molecule has 0 bridgehead atoms. The van der Waals surface area contributed by atoms with Crippen molar-refractivity contribution in [1.29, 1.82) is 0 Å². The number of halogens is 1. The Kier molecular flexibility index (Phi) is 5.77. The summed E-state index contributed by atoms with van der Waals surface area (Å²) in [5, 5.41) is 21.8. The molecule has 0 spiro atoms. The lowest BCUT2D eigenvalue weighted by Crippen LogP contribution is -2.42. The Balaban J connectivity index is 2.44. The smallest absolute Gasteiger partial charge is 0.0607 e. The molecule has 3 N–H and O–H groups in total. The number of hydrogen-bond donors (Lipinski definition) is 3. The van der Waals surface area contributed by atoms with Gasteiger partial charge in [0.15, 0.2) is 0 Å². The molecule has 1 unspecified atom stereocenters. The zero-order valence-electron chi connectivity index (χ0n) is 9.36. The maximum Gasteiger partial charge on any atom is 0.0607 e. The van der Waals surface area contributed by atoms with Gasteiger partial charge in [-0.15, -0.1) is 0 Å². The lowest BCUT2D eigenvalue weighted by molar-refractivity contribution is 0.163. The molecule has 0 radical (unpaired) electrons. The molecule has 0 saturated carbocycles. The number of aliphatic hydroxyl groups is 2. The van der Waals surface area contributed by atoms with E-state index in [1.54, 1.807) is 0 Å². The minimum absolute atomic E-state index is 0.0541. The highest BCUT2D eigenvalue weighted by Crippen LogP contribution is 2.11. The molecule has 0 aromatic heterocycles. The Hall–Kier alpha value is -0.610. The molecule has 0 heterocycles. The predicted molar refractivity (Wildman–Crippen MR) is 65.7 cm³/mol. The summed E-state index contributed by atoms with van der Waals surface area (Å²) in [6.07, 6.45) is 0.841. The summed E-state index contributed by atoms with van der Waals surface area (Å²) in [6, 6.07) is 7.63. The van der Waals surface area contributed by atoms with Crippen molar-refractivity contribution < 1.29 is 10.2 Å². The zero-order chi connectivity index (χ0) is 12.0. The van der Waals surface area contributed by atoms with Gasteiger partial charge in [0, 0.05) is 11.1 Å². The third kappa shape index (κ3) is 4.49. The van der Waals surface area contributed by atoms with Crippen LogP contribution in [0.4, 0.5) is 0 Å². The summed E-state index contributed by atoms with van der Waals surface area (Å²) < 4.78 is 0. The van der Waals surface area contributed by atoms with Crippen molar-refractivity contribution in [1.82, 2.24) is 5.32 Å². The topological polar surface area (TPSA) is 52.5 Å². The monoisotopic (exact) mass is 243 g/mol. The Bertz CT molecular complexity index is 298. The second-order valence-electron chi connectivity index (χ2n) is 3.96. The van der Waals surface area contributed by atoms with Crippen LogP contribution in [0.3, 0.4) is 0 Å². The van der Waals surface area contributed by atoms with Gasteiger partial charge in [0.1, 0.15) is 0 Å². The van der Waals surface area contributed by atoms with Gasteiger partial charge in [-0.25, -0.2) is 0 Å². The standard InChI is InChI=1S/C12H18ClNO2/c1-9(14-12(7-15)8-16)6-10-2-4-11(13)5-3-10/h2-5,9,12,14-16H,6-8H2,1H3. The van der Waals surface area contributed by atoms with Gasteiger partial charge in [-0.1, -0.05) is 23.7 Å². The summed E-state index contributed by atoms with van der Waals surface area (Å²) in [5.74, 6) is 0. The summed E-state index contributed by atoms with van der Waals surface area (Å²) in [4.78, 5) is 0. The van der Waals surface area contributed by atoms with E-state index in [0.717, 1.165) is 11.4 Å². The molecule has 0 aliphatic heterocycles. The molecule has 0 amide bonds. The van der Waals surface area contributed by atoms with E-state index in [1.165, 1.54) is 5.56 Å². The van der Waals surface area contributed by atoms with Crippen LogP contribution in [-0.2, 0) is 6.42 Å². The maximum atomic E-state index is 8.94. The summed E-state index contributed by atoms with van der Waals surface area (Å²) >= 11 is 5.80. The van der Waals surface area contributed by atoms with Gasteiger partial charge < -0.3 is 15.5 Å². The van der Waals surface area contributed by atoms with Crippen LogP contribution in [0.5, 0.6) is 0 Å². The quantitative estimate of drug-likeness (QED) is 0.704.